The fourth-order valence-electron chi connectivity index (χ4n) is 2.79. The van der Waals surface area contributed by atoms with E-state index in [2.05, 4.69) is 10.0 Å². The monoisotopic (exact) mass is 472 g/mol. The fourth-order valence-corrected chi connectivity index (χ4v) is 4.13. The lowest BCUT2D eigenvalue weighted by atomic mass is 9.84. The predicted octanol–water partition coefficient (Wildman–Crippen LogP) is 3.93. The summed E-state index contributed by atoms with van der Waals surface area (Å²) in [4.78, 5) is 12.8. The lowest BCUT2D eigenvalue weighted by Gasteiger charge is -2.26. The Bertz CT molecular complexity index is 1020. The number of methoxy groups -OCH3 is 1. The molecule has 30 heavy (non-hydrogen) atoms. The first-order chi connectivity index (χ1) is 14.0. The lowest BCUT2D eigenvalue weighted by molar-refractivity contribution is 0.0945. The second-order valence-electron chi connectivity index (χ2n) is 7.56. The standard InChI is InChI=1S/C21H26Cl2N2O4S/c1-14-5-7-16(30(27,28)25-9-10-29-4)12-17(14)20(26)24-13-21(2,3)15-6-8-18(22)19(23)11-15/h5-8,11-12,25H,9-10,13H2,1-4H3,(H,24,26). The van der Waals surface area contributed by atoms with Gasteiger partial charge in [0.05, 0.1) is 21.5 Å². The molecular formula is C21H26Cl2N2O4S. The molecule has 1 amide bonds. The van der Waals surface area contributed by atoms with Crippen LogP contribution < -0.4 is 10.0 Å². The molecule has 0 aliphatic heterocycles. The second-order valence-corrected chi connectivity index (χ2v) is 10.1. The molecule has 2 N–H and O–H groups in total. The number of carbonyl (C=O) groups is 1. The predicted molar refractivity (Wildman–Crippen MR) is 120 cm³/mol. The first-order valence-electron chi connectivity index (χ1n) is 9.31. The molecule has 0 unspecified atom stereocenters. The number of amides is 1. The molecule has 0 saturated heterocycles. The van der Waals surface area contributed by atoms with E-state index in [4.69, 9.17) is 27.9 Å². The van der Waals surface area contributed by atoms with Crippen molar-refractivity contribution in [3.63, 3.8) is 0 Å². The van der Waals surface area contributed by atoms with Crippen molar-refractivity contribution in [3.05, 3.63) is 63.1 Å². The van der Waals surface area contributed by atoms with Crippen molar-refractivity contribution in [1.82, 2.24) is 10.0 Å². The van der Waals surface area contributed by atoms with Crippen molar-refractivity contribution >= 4 is 39.1 Å². The van der Waals surface area contributed by atoms with Gasteiger partial charge in [0.2, 0.25) is 10.0 Å². The van der Waals surface area contributed by atoms with Gasteiger partial charge < -0.3 is 10.1 Å². The van der Waals surface area contributed by atoms with Gasteiger partial charge in [-0.05, 0) is 42.3 Å². The fraction of sp³-hybridized carbons (Fsp3) is 0.381. The van der Waals surface area contributed by atoms with Gasteiger partial charge in [0, 0.05) is 31.2 Å². The van der Waals surface area contributed by atoms with Gasteiger partial charge in [0.1, 0.15) is 0 Å². The molecular weight excluding hydrogens is 447 g/mol. The minimum atomic E-state index is -3.74. The molecule has 6 nitrogen and oxygen atoms in total. The summed E-state index contributed by atoms with van der Waals surface area (Å²) in [6.07, 6.45) is 0. The van der Waals surface area contributed by atoms with Crippen LogP contribution in [0.1, 0.15) is 35.3 Å². The summed E-state index contributed by atoms with van der Waals surface area (Å²) in [5.74, 6) is -0.352. The van der Waals surface area contributed by atoms with Crippen LogP contribution in [-0.2, 0) is 20.2 Å². The largest absolute Gasteiger partial charge is 0.383 e. The highest BCUT2D eigenvalue weighted by molar-refractivity contribution is 7.89. The Morgan fingerprint density at radius 3 is 2.43 bits per heavy atom. The zero-order chi connectivity index (χ0) is 22.5. The molecule has 0 heterocycles. The van der Waals surface area contributed by atoms with Crippen molar-refractivity contribution in [2.45, 2.75) is 31.1 Å². The van der Waals surface area contributed by atoms with Crippen molar-refractivity contribution in [3.8, 4) is 0 Å². The molecule has 164 valence electrons. The van der Waals surface area contributed by atoms with E-state index in [-0.39, 0.29) is 24.0 Å². The van der Waals surface area contributed by atoms with Gasteiger partial charge in [-0.1, -0.05) is 49.2 Å². The molecule has 0 fully saturated rings. The van der Waals surface area contributed by atoms with Crippen LogP contribution in [-0.4, -0.2) is 41.1 Å². The van der Waals surface area contributed by atoms with Crippen molar-refractivity contribution in [2.75, 3.05) is 26.8 Å². The Kier molecular flexibility index (Phi) is 8.30. The Hall–Kier alpha value is -1.64. The molecule has 0 aliphatic carbocycles. The normalized spacial score (nSPS) is 12.1. The zero-order valence-electron chi connectivity index (χ0n) is 17.4. The highest BCUT2D eigenvalue weighted by Gasteiger charge is 2.24. The lowest BCUT2D eigenvalue weighted by Crippen LogP contribution is -2.37. The summed E-state index contributed by atoms with van der Waals surface area (Å²) in [5, 5.41) is 3.81. The maximum Gasteiger partial charge on any atom is 0.251 e. The number of hydrogen-bond donors (Lipinski definition) is 2. The number of sulfonamides is 1. The molecule has 0 aliphatic rings. The van der Waals surface area contributed by atoms with Crippen LogP contribution in [0.5, 0.6) is 0 Å². The Balaban J connectivity index is 2.17. The summed E-state index contributed by atoms with van der Waals surface area (Å²) >= 11 is 12.1. The van der Waals surface area contributed by atoms with E-state index in [1.54, 1.807) is 25.1 Å². The van der Waals surface area contributed by atoms with Gasteiger partial charge in [-0.15, -0.1) is 0 Å². The third-order valence-electron chi connectivity index (χ3n) is 4.75. The molecule has 9 heteroatoms. The highest BCUT2D eigenvalue weighted by Crippen LogP contribution is 2.29. The average Bonchev–Trinajstić information content (AvgIpc) is 2.68. The maximum atomic E-state index is 12.8. The van der Waals surface area contributed by atoms with Crippen molar-refractivity contribution < 1.29 is 17.9 Å². The topological polar surface area (TPSA) is 84.5 Å². The first-order valence-corrected chi connectivity index (χ1v) is 11.5. The van der Waals surface area contributed by atoms with Crippen LogP contribution in [0.15, 0.2) is 41.3 Å². The van der Waals surface area contributed by atoms with Crippen LogP contribution >= 0.6 is 23.2 Å². The molecule has 0 spiro atoms. The van der Waals surface area contributed by atoms with Gasteiger partial charge in [-0.3, -0.25) is 4.79 Å². The Labute approximate surface area is 188 Å². The Morgan fingerprint density at radius 2 is 1.80 bits per heavy atom. The number of halogens is 2. The SMILES string of the molecule is COCCNS(=O)(=O)c1ccc(C)c(C(=O)NCC(C)(C)c2ccc(Cl)c(Cl)c2)c1. The van der Waals surface area contributed by atoms with Crippen LogP contribution in [0.25, 0.3) is 0 Å². The van der Waals surface area contributed by atoms with Gasteiger partial charge in [-0.25, -0.2) is 13.1 Å². The highest BCUT2D eigenvalue weighted by atomic mass is 35.5. The van der Waals surface area contributed by atoms with Gasteiger partial charge in [-0.2, -0.15) is 0 Å². The summed E-state index contributed by atoms with van der Waals surface area (Å²) in [5.41, 5.74) is 1.49. The number of rotatable bonds is 9. The quantitative estimate of drug-likeness (QED) is 0.541. The van der Waals surface area contributed by atoms with E-state index in [0.717, 1.165) is 5.56 Å². The third kappa shape index (κ3) is 6.18. The van der Waals surface area contributed by atoms with Gasteiger partial charge >= 0.3 is 0 Å². The van der Waals surface area contributed by atoms with E-state index in [1.807, 2.05) is 19.9 Å². The molecule has 0 atom stereocenters. The third-order valence-corrected chi connectivity index (χ3v) is 6.95. The minimum Gasteiger partial charge on any atom is -0.383 e. The molecule has 0 radical (unpaired) electrons. The van der Waals surface area contributed by atoms with E-state index in [9.17, 15) is 13.2 Å². The second kappa shape index (κ2) is 10.1. The van der Waals surface area contributed by atoms with E-state index >= 15 is 0 Å². The number of carbonyl (C=O) groups excluding carboxylic acids is 1. The molecule has 2 aromatic carbocycles. The number of benzene rings is 2. The first kappa shape index (κ1) is 24.6. The van der Waals surface area contributed by atoms with Gasteiger partial charge in [0.25, 0.3) is 5.91 Å². The van der Waals surface area contributed by atoms with E-state index in [0.29, 0.717) is 27.7 Å². The summed E-state index contributed by atoms with van der Waals surface area (Å²) in [6.45, 7) is 6.43. The molecule has 0 aromatic heterocycles. The summed E-state index contributed by atoms with van der Waals surface area (Å²) in [7, 11) is -2.25. The number of ether oxygens (including phenoxy) is 1. The van der Waals surface area contributed by atoms with Crippen LogP contribution in [0.2, 0.25) is 10.0 Å². The molecule has 0 saturated carbocycles. The number of nitrogens with one attached hydrogen (secondary N) is 2. The molecule has 2 rings (SSSR count). The maximum absolute atomic E-state index is 12.8. The minimum absolute atomic E-state index is 0.0260. The van der Waals surface area contributed by atoms with Crippen molar-refractivity contribution in [1.29, 1.82) is 0 Å². The van der Waals surface area contributed by atoms with Crippen LogP contribution in [0.3, 0.4) is 0 Å². The smallest absolute Gasteiger partial charge is 0.251 e. The molecule has 0 bridgehead atoms. The number of hydrogen-bond acceptors (Lipinski definition) is 4. The molecule has 2 aromatic rings. The average molecular weight is 473 g/mol. The van der Waals surface area contributed by atoms with E-state index in [1.165, 1.54) is 19.2 Å². The summed E-state index contributed by atoms with van der Waals surface area (Å²) in [6, 6.07) is 9.83. The van der Waals surface area contributed by atoms with E-state index < -0.39 is 15.4 Å². The van der Waals surface area contributed by atoms with Crippen molar-refractivity contribution in [2.24, 2.45) is 0 Å². The zero-order valence-corrected chi connectivity index (χ0v) is 19.7. The Morgan fingerprint density at radius 1 is 1.10 bits per heavy atom. The van der Waals surface area contributed by atoms with Crippen LogP contribution in [0.4, 0.5) is 0 Å². The van der Waals surface area contributed by atoms with Gasteiger partial charge in [0.15, 0.2) is 0 Å². The summed E-state index contributed by atoms with van der Waals surface area (Å²) < 4.78 is 32.2. The van der Waals surface area contributed by atoms with Crippen LogP contribution in [0, 0.1) is 6.92 Å². The number of aryl methyl sites for hydroxylation is 1.